The predicted octanol–water partition coefficient (Wildman–Crippen LogP) is 7.61. The maximum absolute atomic E-state index is 16.4. The van der Waals surface area contributed by atoms with Crippen molar-refractivity contribution in [1.82, 2.24) is 19.8 Å². The second-order valence-corrected chi connectivity index (χ2v) is 23.4. The van der Waals surface area contributed by atoms with Gasteiger partial charge in [0.2, 0.25) is 27.7 Å². The van der Waals surface area contributed by atoms with Crippen molar-refractivity contribution in [2.75, 3.05) is 37.4 Å². The van der Waals surface area contributed by atoms with Crippen LogP contribution in [0.2, 0.25) is 10.0 Å². The number of piperidine rings is 2. The highest BCUT2D eigenvalue weighted by molar-refractivity contribution is 7.89. The predicted molar refractivity (Wildman–Crippen MR) is 260 cm³/mol. The highest BCUT2D eigenvalue weighted by atomic mass is 35.5. The van der Waals surface area contributed by atoms with E-state index in [1.54, 1.807) is 24.3 Å². The van der Waals surface area contributed by atoms with E-state index in [1.165, 1.54) is 40.6 Å². The standard InChI is InChI=1S/C52H53Cl2FN6O7S/c1-50(2,3)25-42-52(27-56-39-22-31(53)14-16-36(39)52)44(34-10-6-11-37(54)45(34)55)46(58-42)48(64)57-38-17-15-32(23-41(38)68-4)69(66,67)60-21-7-20-51(28-60)24-30(51)13-12-29-8-5-9-33-35(29)26-61(49(33)65)40-18-19-43(62)59-47(40)63/h5-6,8-11,14-17,22-23,30,40,42,44,46,56,58H,7,18-21,24-28H2,1-4H3,(H,57,64)(H,59,62,63)/t30-,40-,42-,44-,46+,51-,52-/m0/s1. The number of anilines is 2. The average Bonchev–Trinajstić information content (AvgIpc) is 3.51. The summed E-state index contributed by atoms with van der Waals surface area (Å²) in [7, 11) is -2.62. The Morgan fingerprint density at radius 3 is 2.61 bits per heavy atom. The van der Waals surface area contributed by atoms with Gasteiger partial charge in [0.1, 0.15) is 17.6 Å². The van der Waals surface area contributed by atoms with E-state index in [1.807, 2.05) is 24.3 Å². The number of methoxy groups -OCH3 is 1. The molecule has 13 nitrogen and oxygen atoms in total. The molecule has 0 bridgehead atoms. The van der Waals surface area contributed by atoms with E-state index in [0.29, 0.717) is 47.6 Å². The maximum atomic E-state index is 16.4. The number of carbonyl (C=O) groups excluding carboxylic acids is 4. The summed E-state index contributed by atoms with van der Waals surface area (Å²) in [6, 6.07) is 18.3. The van der Waals surface area contributed by atoms with E-state index < -0.39 is 51.1 Å². The molecule has 360 valence electrons. The lowest BCUT2D eigenvalue weighted by molar-refractivity contribution is -0.137. The van der Waals surface area contributed by atoms with E-state index in [9.17, 15) is 27.6 Å². The van der Waals surface area contributed by atoms with Crippen LogP contribution in [-0.2, 0) is 36.4 Å². The number of nitrogens with zero attached hydrogens (tertiary/aromatic N) is 2. The Balaban J connectivity index is 0.880. The number of halogens is 3. The third kappa shape index (κ3) is 8.25. The summed E-state index contributed by atoms with van der Waals surface area (Å²) in [5.41, 5.74) is 2.86. The molecule has 5 aliphatic heterocycles. The van der Waals surface area contributed by atoms with E-state index in [2.05, 4.69) is 53.9 Å². The summed E-state index contributed by atoms with van der Waals surface area (Å²) in [6.45, 7) is 7.60. The van der Waals surface area contributed by atoms with Gasteiger partial charge in [0.05, 0.1) is 28.8 Å². The zero-order chi connectivity index (χ0) is 48.8. The van der Waals surface area contributed by atoms with Crippen LogP contribution >= 0.6 is 23.2 Å². The van der Waals surface area contributed by atoms with Crippen LogP contribution in [-0.4, -0.2) is 86.1 Å². The van der Waals surface area contributed by atoms with Gasteiger partial charge in [-0.2, -0.15) is 4.31 Å². The third-order valence-corrected chi connectivity index (χ3v) is 17.5. The number of sulfonamides is 1. The summed E-state index contributed by atoms with van der Waals surface area (Å²) in [5, 5.41) is 13.0. The molecular formula is C52H53Cl2FN6O7S. The number of amides is 4. The molecule has 1 saturated carbocycles. The zero-order valence-electron chi connectivity index (χ0n) is 38.7. The van der Waals surface area contributed by atoms with Gasteiger partial charge < -0.3 is 25.6 Å². The highest BCUT2D eigenvalue weighted by Gasteiger charge is 2.62. The molecule has 7 atom stereocenters. The average molecular weight is 996 g/mol. The van der Waals surface area contributed by atoms with Crippen LogP contribution in [0.1, 0.15) is 97.8 Å². The van der Waals surface area contributed by atoms with Crippen molar-refractivity contribution in [1.29, 1.82) is 0 Å². The molecule has 2 spiro atoms. The number of hydrogen-bond acceptors (Lipinski definition) is 9. The van der Waals surface area contributed by atoms with Gasteiger partial charge >= 0.3 is 0 Å². The molecule has 4 aromatic carbocycles. The molecule has 3 saturated heterocycles. The minimum absolute atomic E-state index is 0.0112. The summed E-state index contributed by atoms with van der Waals surface area (Å²) in [6.07, 6.45) is 3.25. The maximum Gasteiger partial charge on any atom is 0.255 e. The first-order valence-corrected chi connectivity index (χ1v) is 25.5. The van der Waals surface area contributed by atoms with E-state index in [-0.39, 0.29) is 81.9 Å². The van der Waals surface area contributed by atoms with Crippen molar-refractivity contribution >= 4 is 68.2 Å². The Morgan fingerprint density at radius 1 is 1.04 bits per heavy atom. The molecule has 4 N–H and O–H groups in total. The zero-order valence-corrected chi connectivity index (χ0v) is 41.0. The second-order valence-electron chi connectivity index (χ2n) is 20.6. The minimum Gasteiger partial charge on any atom is -0.495 e. The number of rotatable bonds is 8. The van der Waals surface area contributed by atoms with Crippen molar-refractivity contribution in [2.45, 2.75) is 100 Å². The fourth-order valence-electron chi connectivity index (χ4n) is 11.8. The van der Waals surface area contributed by atoms with Crippen LogP contribution < -0.4 is 26.0 Å². The summed E-state index contributed by atoms with van der Waals surface area (Å²) >= 11 is 12.9. The normalized spacial score (nSPS) is 27.4. The molecule has 69 heavy (non-hydrogen) atoms. The molecule has 10 rings (SSSR count). The summed E-state index contributed by atoms with van der Waals surface area (Å²) in [5.74, 6) is 3.88. The number of hydrogen-bond donors (Lipinski definition) is 4. The first-order chi connectivity index (χ1) is 32.8. The van der Waals surface area contributed by atoms with Crippen molar-refractivity contribution in [3.8, 4) is 17.6 Å². The van der Waals surface area contributed by atoms with Crippen LogP contribution in [0, 0.1) is 34.4 Å². The van der Waals surface area contributed by atoms with Crippen molar-refractivity contribution < 1.29 is 36.7 Å². The second kappa shape index (κ2) is 17.4. The number of imide groups is 1. The quantitative estimate of drug-likeness (QED) is 0.103. The number of fused-ring (bicyclic) bond motifs is 3. The lowest BCUT2D eigenvalue weighted by atomic mass is 9.63. The van der Waals surface area contributed by atoms with Gasteiger partial charge in [0, 0.05) is 83.8 Å². The lowest BCUT2D eigenvalue weighted by Gasteiger charge is -2.39. The molecule has 4 aromatic rings. The molecule has 17 heteroatoms. The van der Waals surface area contributed by atoms with Crippen molar-refractivity contribution in [2.24, 2.45) is 16.7 Å². The van der Waals surface area contributed by atoms with E-state index in [0.717, 1.165) is 29.7 Å². The molecular weight excluding hydrogens is 943 g/mol. The molecule has 6 aliphatic rings. The van der Waals surface area contributed by atoms with Gasteiger partial charge in [-0.25, -0.2) is 12.8 Å². The fraction of sp³-hybridized carbons (Fsp3) is 0.423. The van der Waals surface area contributed by atoms with E-state index in [4.69, 9.17) is 27.9 Å². The Morgan fingerprint density at radius 2 is 1.84 bits per heavy atom. The van der Waals surface area contributed by atoms with Crippen LogP contribution in [0.4, 0.5) is 15.8 Å². The van der Waals surface area contributed by atoms with Crippen molar-refractivity contribution in [3.05, 3.63) is 116 Å². The summed E-state index contributed by atoms with van der Waals surface area (Å²) < 4.78 is 52.5. The first kappa shape index (κ1) is 47.2. The Bertz CT molecular complexity index is 3030. The molecule has 1 aliphatic carbocycles. The first-order valence-electron chi connectivity index (χ1n) is 23.3. The van der Waals surface area contributed by atoms with Crippen LogP contribution in [0.15, 0.2) is 77.7 Å². The number of carbonyl (C=O) groups is 4. The van der Waals surface area contributed by atoms with Gasteiger partial charge in [-0.3, -0.25) is 24.5 Å². The number of benzene rings is 4. The monoisotopic (exact) mass is 994 g/mol. The van der Waals surface area contributed by atoms with Crippen LogP contribution in [0.5, 0.6) is 5.75 Å². The van der Waals surface area contributed by atoms with Gasteiger partial charge in [-0.15, -0.1) is 0 Å². The Hall–Kier alpha value is -5.50. The van der Waals surface area contributed by atoms with Crippen molar-refractivity contribution in [3.63, 3.8) is 0 Å². The van der Waals surface area contributed by atoms with Gasteiger partial charge in [0.15, 0.2) is 0 Å². The largest absolute Gasteiger partial charge is 0.495 e. The Labute approximate surface area is 411 Å². The number of ether oxygens (including phenoxy) is 1. The molecule has 0 radical (unpaired) electrons. The lowest BCUT2D eigenvalue weighted by Crippen LogP contribution is -2.52. The number of nitrogens with one attached hydrogen (secondary N) is 4. The van der Waals surface area contributed by atoms with E-state index >= 15 is 4.39 Å². The SMILES string of the molecule is COc1cc(S(=O)(=O)N2CCC[C@]3(C[C@@H]3C#Cc3cccc4c3CN([C@H]3CCC(=O)NC3=O)C4=O)C2)ccc1NC(=O)[C@@H]1N[C@@H](CC(C)(C)C)[C@@]2(CNc3cc(Cl)ccc32)[C@H]1c1cccc(Cl)c1F. The van der Waals surface area contributed by atoms with Crippen LogP contribution in [0.25, 0.3) is 0 Å². The van der Waals surface area contributed by atoms with Gasteiger partial charge in [-0.1, -0.05) is 80.1 Å². The van der Waals surface area contributed by atoms with Gasteiger partial charge in [0.25, 0.3) is 5.91 Å². The molecule has 4 amide bonds. The third-order valence-electron chi connectivity index (χ3n) is 15.2. The topological polar surface area (TPSA) is 166 Å². The summed E-state index contributed by atoms with van der Waals surface area (Å²) in [4.78, 5) is 54.1. The highest BCUT2D eigenvalue weighted by Crippen LogP contribution is 2.59. The fourth-order valence-corrected chi connectivity index (χ4v) is 13.7. The molecule has 4 fully saturated rings. The smallest absolute Gasteiger partial charge is 0.255 e. The van der Waals surface area contributed by atoms with Crippen LogP contribution in [0.3, 0.4) is 0 Å². The Kier molecular flexibility index (Phi) is 11.9. The minimum atomic E-state index is -4.03. The molecule has 5 heterocycles. The van der Waals surface area contributed by atoms with Gasteiger partial charge in [-0.05, 0) is 102 Å². The molecule has 0 unspecified atom stereocenters. The molecule has 0 aromatic heterocycles.